The monoisotopic (exact) mass is 359 g/mol. The Hall–Kier alpha value is -3.07. The minimum absolute atomic E-state index is 0.0869. The van der Waals surface area contributed by atoms with Gasteiger partial charge in [-0.2, -0.15) is 0 Å². The van der Waals surface area contributed by atoms with Gasteiger partial charge in [0.1, 0.15) is 5.75 Å². The Labute approximate surface area is 161 Å². The third-order valence-corrected chi connectivity index (χ3v) is 4.27. The number of rotatable bonds is 7. The maximum Gasteiger partial charge on any atom is 0.255 e. The molecule has 0 spiro atoms. The molecule has 0 aromatic heterocycles. The average molecular weight is 359 g/mol. The van der Waals surface area contributed by atoms with Gasteiger partial charge in [0.2, 0.25) is 0 Å². The van der Waals surface area contributed by atoms with Crippen molar-refractivity contribution >= 4 is 11.6 Å². The summed E-state index contributed by atoms with van der Waals surface area (Å²) in [6.07, 6.45) is 1.86. The van der Waals surface area contributed by atoms with Crippen LogP contribution in [-0.4, -0.2) is 12.0 Å². The Balaban J connectivity index is 1.67. The SMILES string of the molecule is CC(C)Oc1ccc(NC(=O)c2ccccc2CCc2ccccc2)cc1. The Morgan fingerprint density at radius 1 is 0.852 bits per heavy atom. The van der Waals surface area contributed by atoms with Gasteiger partial charge >= 0.3 is 0 Å². The van der Waals surface area contributed by atoms with E-state index in [1.807, 2.05) is 80.6 Å². The van der Waals surface area contributed by atoms with Gasteiger partial charge in [-0.3, -0.25) is 4.79 Å². The lowest BCUT2D eigenvalue weighted by molar-refractivity contribution is 0.102. The molecule has 0 saturated carbocycles. The maximum atomic E-state index is 12.8. The highest BCUT2D eigenvalue weighted by Gasteiger charge is 2.11. The second-order valence-electron chi connectivity index (χ2n) is 6.79. The van der Waals surface area contributed by atoms with Crippen molar-refractivity contribution in [2.24, 2.45) is 0 Å². The molecular formula is C24H25NO2. The average Bonchev–Trinajstić information content (AvgIpc) is 2.68. The minimum Gasteiger partial charge on any atom is -0.491 e. The van der Waals surface area contributed by atoms with E-state index in [0.717, 1.165) is 35.4 Å². The van der Waals surface area contributed by atoms with Crippen LogP contribution < -0.4 is 10.1 Å². The lowest BCUT2D eigenvalue weighted by Crippen LogP contribution is -2.14. The number of hydrogen-bond donors (Lipinski definition) is 1. The van der Waals surface area contributed by atoms with Crippen molar-refractivity contribution in [1.82, 2.24) is 0 Å². The van der Waals surface area contributed by atoms with E-state index in [2.05, 4.69) is 17.4 Å². The molecule has 138 valence electrons. The van der Waals surface area contributed by atoms with E-state index in [4.69, 9.17) is 4.74 Å². The highest BCUT2D eigenvalue weighted by atomic mass is 16.5. The Kier molecular flexibility index (Phi) is 6.26. The number of anilines is 1. The van der Waals surface area contributed by atoms with Gasteiger partial charge in [-0.15, -0.1) is 0 Å². The molecule has 0 aliphatic heterocycles. The molecule has 3 aromatic rings. The summed E-state index contributed by atoms with van der Waals surface area (Å²) in [7, 11) is 0. The van der Waals surface area contributed by atoms with Gasteiger partial charge in [-0.05, 0) is 68.1 Å². The van der Waals surface area contributed by atoms with Crippen LogP contribution >= 0.6 is 0 Å². The van der Waals surface area contributed by atoms with Crippen molar-refractivity contribution in [2.75, 3.05) is 5.32 Å². The molecule has 0 unspecified atom stereocenters. The number of aryl methyl sites for hydroxylation is 2. The van der Waals surface area contributed by atoms with Crippen molar-refractivity contribution < 1.29 is 9.53 Å². The summed E-state index contributed by atoms with van der Waals surface area (Å²) in [6.45, 7) is 3.98. The zero-order valence-electron chi connectivity index (χ0n) is 15.8. The number of carbonyl (C=O) groups excluding carboxylic acids is 1. The fourth-order valence-corrected chi connectivity index (χ4v) is 2.97. The molecule has 27 heavy (non-hydrogen) atoms. The van der Waals surface area contributed by atoms with E-state index in [1.54, 1.807) is 0 Å². The van der Waals surface area contributed by atoms with E-state index in [1.165, 1.54) is 5.56 Å². The summed E-state index contributed by atoms with van der Waals surface area (Å²) < 4.78 is 5.64. The van der Waals surface area contributed by atoms with E-state index in [0.29, 0.717) is 0 Å². The summed E-state index contributed by atoms with van der Waals surface area (Å²) in [4.78, 5) is 12.8. The van der Waals surface area contributed by atoms with Gasteiger partial charge in [0.05, 0.1) is 6.10 Å². The molecule has 1 N–H and O–H groups in total. The van der Waals surface area contributed by atoms with Crippen LogP contribution in [0, 0.1) is 0 Å². The summed E-state index contributed by atoms with van der Waals surface area (Å²) in [5, 5.41) is 2.98. The first kappa shape index (κ1) is 18.7. The third-order valence-electron chi connectivity index (χ3n) is 4.27. The molecule has 0 radical (unpaired) electrons. The van der Waals surface area contributed by atoms with Crippen molar-refractivity contribution in [3.8, 4) is 5.75 Å². The number of carbonyl (C=O) groups is 1. The van der Waals surface area contributed by atoms with Crippen LogP contribution in [-0.2, 0) is 12.8 Å². The molecule has 0 heterocycles. The standard InChI is InChI=1S/C24H25NO2/c1-18(2)27-22-16-14-21(15-17-22)25-24(26)23-11-7-6-10-20(23)13-12-19-8-4-3-5-9-19/h3-11,14-18H,12-13H2,1-2H3,(H,25,26). The smallest absolute Gasteiger partial charge is 0.255 e. The fraction of sp³-hybridized carbons (Fsp3) is 0.208. The van der Waals surface area contributed by atoms with Gasteiger partial charge < -0.3 is 10.1 Å². The van der Waals surface area contributed by atoms with Crippen molar-refractivity contribution in [2.45, 2.75) is 32.8 Å². The molecule has 0 atom stereocenters. The summed E-state index contributed by atoms with van der Waals surface area (Å²) in [6, 6.07) is 25.6. The molecule has 3 nitrogen and oxygen atoms in total. The van der Waals surface area contributed by atoms with Crippen molar-refractivity contribution in [1.29, 1.82) is 0 Å². The first-order valence-corrected chi connectivity index (χ1v) is 9.32. The number of ether oxygens (including phenoxy) is 1. The van der Waals surface area contributed by atoms with E-state index in [-0.39, 0.29) is 12.0 Å². The second kappa shape index (κ2) is 9.04. The quantitative estimate of drug-likeness (QED) is 0.604. The largest absolute Gasteiger partial charge is 0.491 e. The summed E-state index contributed by atoms with van der Waals surface area (Å²) in [5.41, 5.74) is 3.80. The molecule has 1 amide bonds. The summed E-state index contributed by atoms with van der Waals surface area (Å²) >= 11 is 0. The van der Waals surface area contributed by atoms with Gasteiger partial charge in [0.25, 0.3) is 5.91 Å². The van der Waals surface area contributed by atoms with Gasteiger partial charge in [0, 0.05) is 11.3 Å². The second-order valence-corrected chi connectivity index (χ2v) is 6.79. The summed E-state index contributed by atoms with van der Waals surface area (Å²) in [5.74, 6) is 0.711. The third kappa shape index (κ3) is 5.45. The van der Waals surface area contributed by atoms with Crippen LogP contribution in [0.15, 0.2) is 78.9 Å². The molecule has 0 aliphatic rings. The van der Waals surface area contributed by atoms with Crippen molar-refractivity contribution in [3.05, 3.63) is 95.6 Å². The molecule has 0 saturated heterocycles. The number of hydrogen-bond acceptors (Lipinski definition) is 2. The predicted molar refractivity (Wildman–Crippen MR) is 110 cm³/mol. The Morgan fingerprint density at radius 3 is 2.22 bits per heavy atom. The topological polar surface area (TPSA) is 38.3 Å². The molecule has 3 rings (SSSR count). The molecular weight excluding hydrogens is 334 g/mol. The van der Waals surface area contributed by atoms with Crippen LogP contribution in [0.4, 0.5) is 5.69 Å². The van der Waals surface area contributed by atoms with Gasteiger partial charge in [-0.1, -0.05) is 48.5 Å². The zero-order valence-corrected chi connectivity index (χ0v) is 15.8. The molecule has 0 bridgehead atoms. The lowest BCUT2D eigenvalue weighted by Gasteiger charge is -2.12. The molecule has 3 heteroatoms. The fourth-order valence-electron chi connectivity index (χ4n) is 2.97. The van der Waals surface area contributed by atoms with E-state index >= 15 is 0 Å². The van der Waals surface area contributed by atoms with Crippen LogP contribution in [0.25, 0.3) is 0 Å². The Morgan fingerprint density at radius 2 is 1.52 bits per heavy atom. The minimum atomic E-state index is -0.0869. The zero-order chi connectivity index (χ0) is 19.1. The highest BCUT2D eigenvalue weighted by Crippen LogP contribution is 2.19. The highest BCUT2D eigenvalue weighted by molar-refractivity contribution is 6.05. The van der Waals surface area contributed by atoms with E-state index in [9.17, 15) is 4.79 Å². The Bertz CT molecular complexity index is 870. The first-order valence-electron chi connectivity index (χ1n) is 9.32. The number of amides is 1. The van der Waals surface area contributed by atoms with Gasteiger partial charge in [0.15, 0.2) is 0 Å². The van der Waals surface area contributed by atoms with Crippen molar-refractivity contribution in [3.63, 3.8) is 0 Å². The first-order chi connectivity index (χ1) is 13.1. The maximum absolute atomic E-state index is 12.8. The van der Waals surface area contributed by atoms with Gasteiger partial charge in [-0.25, -0.2) is 0 Å². The van der Waals surface area contributed by atoms with Crippen LogP contribution in [0.2, 0.25) is 0 Å². The lowest BCUT2D eigenvalue weighted by atomic mass is 9.99. The normalized spacial score (nSPS) is 10.6. The van der Waals surface area contributed by atoms with Crippen LogP contribution in [0.5, 0.6) is 5.75 Å². The number of benzene rings is 3. The molecule has 0 fully saturated rings. The van der Waals surface area contributed by atoms with Crippen LogP contribution in [0.3, 0.4) is 0 Å². The molecule has 0 aliphatic carbocycles. The van der Waals surface area contributed by atoms with E-state index < -0.39 is 0 Å². The molecule has 3 aromatic carbocycles. The van der Waals surface area contributed by atoms with Crippen LogP contribution in [0.1, 0.15) is 35.3 Å². The number of nitrogens with one attached hydrogen (secondary N) is 1. The predicted octanol–water partition coefficient (Wildman–Crippen LogP) is 5.51.